The summed E-state index contributed by atoms with van der Waals surface area (Å²) in [4.78, 5) is 34.9. The SMILES string of the molecule is Cc1nc(C(C)C)c(C)n1C.Cc1nc(C(C)C)c(C)o1.Cc1nc(C(C)C)c(C)s1.Cc1nc(C(C)C)n(C)c1C.Cc1nc(C(C)C)sc1C.Cc1nc(C)c(C(C)C)s1.Cc1nc(C)n(C)c1C(C)C. The van der Waals surface area contributed by atoms with E-state index in [2.05, 4.69) is 236 Å². The predicted octanol–water partition coefficient (Wildman–Crippen LogP) is 17.5. The van der Waals surface area contributed by atoms with Crippen LogP contribution in [0, 0.1) is 96.9 Å². The Kier molecular flexibility index (Phi) is 27.7. The molecule has 0 saturated heterocycles. The molecule has 0 aromatic carbocycles. The summed E-state index contributed by atoms with van der Waals surface area (Å²) in [6, 6.07) is 0. The maximum Gasteiger partial charge on any atom is 0.191 e. The number of hydrogen-bond donors (Lipinski definition) is 0. The molecule has 11 nitrogen and oxygen atoms in total. The number of thiazole rings is 3. The maximum atomic E-state index is 5.26. The van der Waals surface area contributed by atoms with E-state index in [1.165, 1.54) is 81.0 Å². The van der Waals surface area contributed by atoms with Gasteiger partial charge in [0, 0.05) is 71.6 Å². The van der Waals surface area contributed by atoms with E-state index >= 15 is 0 Å². The van der Waals surface area contributed by atoms with Crippen molar-refractivity contribution >= 4 is 34.0 Å². The van der Waals surface area contributed by atoms with E-state index in [-0.39, 0.29) is 0 Å². The monoisotopic (exact) mass is 1060 g/mol. The first-order valence-electron chi connectivity index (χ1n) is 26.3. The molecule has 7 aromatic heterocycles. The van der Waals surface area contributed by atoms with Crippen molar-refractivity contribution in [2.45, 2.75) is 235 Å². The molecule has 7 aromatic rings. The standard InChI is InChI=1S/3C9H16N2.C8H13NO.3C8H13NS/c1-6(2)9-7(3)11(5)8(4)10-9;1-6(2)9-7(3)10-8(4)11(9)5;1-6(2)9-10-7(3)8(4)11(9)5;2*1-5(2)8-6(3)10-7(4)9-8;1-5(2)8-6(3)9-7(4)10-8;1-5(2)8-9-6(3)7(4)10-8/h3*6H,1-5H3;4*5H,1-4H3. The lowest BCUT2D eigenvalue weighted by Gasteiger charge is -2.07. The molecule has 7 rings (SSSR count). The van der Waals surface area contributed by atoms with Crippen LogP contribution in [0.15, 0.2) is 4.42 Å². The topological polar surface area (TPSA) is 118 Å². The number of aryl methyl sites for hydroxylation is 12. The van der Waals surface area contributed by atoms with Crippen LogP contribution in [-0.2, 0) is 21.1 Å². The van der Waals surface area contributed by atoms with E-state index in [9.17, 15) is 0 Å². The fourth-order valence-electron chi connectivity index (χ4n) is 8.14. The van der Waals surface area contributed by atoms with E-state index in [1.54, 1.807) is 11.3 Å². The molecule has 73 heavy (non-hydrogen) atoms. The molecule has 0 bridgehead atoms. The molecule has 0 aliphatic heterocycles. The van der Waals surface area contributed by atoms with Crippen LogP contribution in [-0.4, -0.2) is 48.6 Å². The zero-order valence-electron chi connectivity index (χ0n) is 51.6. The summed E-state index contributed by atoms with van der Waals surface area (Å²) in [6.45, 7) is 59.2. The first-order chi connectivity index (χ1) is 33.5. The van der Waals surface area contributed by atoms with Crippen molar-refractivity contribution in [2.75, 3.05) is 0 Å². The quantitative estimate of drug-likeness (QED) is 0.155. The van der Waals surface area contributed by atoms with Crippen LogP contribution in [0.4, 0.5) is 0 Å². The first-order valence-corrected chi connectivity index (χ1v) is 28.7. The van der Waals surface area contributed by atoms with Gasteiger partial charge in [-0.3, -0.25) is 0 Å². The highest BCUT2D eigenvalue weighted by Crippen LogP contribution is 2.27. The number of hydrogen-bond acceptors (Lipinski definition) is 11. The van der Waals surface area contributed by atoms with Gasteiger partial charge in [-0.05, 0) is 120 Å². The zero-order valence-corrected chi connectivity index (χ0v) is 54.1. The zero-order chi connectivity index (χ0) is 56.7. The lowest BCUT2D eigenvalue weighted by molar-refractivity contribution is 0.492. The molecule has 0 N–H and O–H groups in total. The minimum Gasteiger partial charge on any atom is -0.446 e. The van der Waals surface area contributed by atoms with Gasteiger partial charge < -0.3 is 18.1 Å². The average molecular weight is 1060 g/mol. The van der Waals surface area contributed by atoms with Gasteiger partial charge in [0.25, 0.3) is 0 Å². The molecular weight excluding hydrogens is 961 g/mol. The smallest absolute Gasteiger partial charge is 0.191 e. The van der Waals surface area contributed by atoms with Crippen molar-refractivity contribution in [2.24, 2.45) is 21.1 Å². The summed E-state index contributed by atoms with van der Waals surface area (Å²) in [5, 5.41) is 3.62. The Balaban J connectivity index is 0.000000426. The van der Waals surface area contributed by atoms with Gasteiger partial charge in [0.15, 0.2) is 5.89 Å². The van der Waals surface area contributed by atoms with Crippen molar-refractivity contribution in [3.05, 3.63) is 116 Å². The third kappa shape index (κ3) is 20.4. The third-order valence-electron chi connectivity index (χ3n) is 12.4. The van der Waals surface area contributed by atoms with Gasteiger partial charge in [0.05, 0.1) is 54.9 Å². The summed E-state index contributed by atoms with van der Waals surface area (Å²) in [6.07, 6.45) is 0. The van der Waals surface area contributed by atoms with Crippen molar-refractivity contribution in [3.63, 3.8) is 0 Å². The average Bonchev–Trinajstić information content (AvgIpc) is 4.14. The molecule has 14 heteroatoms. The van der Waals surface area contributed by atoms with E-state index in [1.807, 2.05) is 50.4 Å². The molecule has 0 aliphatic carbocycles. The molecule has 0 atom stereocenters. The Bertz CT molecular complexity index is 2530. The Morgan fingerprint density at radius 1 is 0.370 bits per heavy atom. The highest BCUT2D eigenvalue weighted by atomic mass is 32.1. The first kappa shape index (κ1) is 66.7. The lowest BCUT2D eigenvalue weighted by Crippen LogP contribution is -2.00. The Morgan fingerprint density at radius 3 is 1.08 bits per heavy atom. The van der Waals surface area contributed by atoms with Crippen LogP contribution in [0.2, 0.25) is 0 Å². The number of oxazole rings is 1. The number of aromatic nitrogens is 10. The second-order valence-corrected chi connectivity index (χ2v) is 25.3. The van der Waals surface area contributed by atoms with E-state index in [0.717, 1.165) is 34.7 Å². The van der Waals surface area contributed by atoms with Crippen molar-refractivity contribution in [1.29, 1.82) is 0 Å². The van der Waals surface area contributed by atoms with E-state index in [4.69, 9.17) is 4.42 Å². The van der Waals surface area contributed by atoms with Crippen LogP contribution in [0.5, 0.6) is 0 Å². The molecule has 0 radical (unpaired) electrons. The summed E-state index contributed by atoms with van der Waals surface area (Å²) < 4.78 is 11.7. The molecular formula is C59H100N10OS3. The van der Waals surface area contributed by atoms with Crippen LogP contribution >= 0.6 is 34.0 Å². The Hall–Kier alpha value is -4.27. The molecule has 0 fully saturated rings. The second-order valence-electron chi connectivity index (χ2n) is 21.4. The van der Waals surface area contributed by atoms with Gasteiger partial charge in [-0.15, -0.1) is 34.0 Å². The Labute approximate surface area is 456 Å². The minimum atomic E-state index is 0.470. The van der Waals surface area contributed by atoms with E-state index in [0.29, 0.717) is 41.4 Å². The highest BCUT2D eigenvalue weighted by Gasteiger charge is 2.14. The van der Waals surface area contributed by atoms with Gasteiger partial charge in [-0.2, -0.15) is 0 Å². The van der Waals surface area contributed by atoms with Crippen LogP contribution in [0.25, 0.3) is 0 Å². The van der Waals surface area contributed by atoms with Gasteiger partial charge in [-0.1, -0.05) is 96.9 Å². The van der Waals surface area contributed by atoms with E-state index < -0.39 is 0 Å². The summed E-state index contributed by atoms with van der Waals surface area (Å²) in [7, 11) is 6.21. The van der Waals surface area contributed by atoms with Gasteiger partial charge in [0.1, 0.15) is 23.2 Å². The molecule has 0 aliphatic rings. The summed E-state index contributed by atoms with van der Waals surface area (Å²) in [5.41, 5.74) is 12.2. The van der Waals surface area contributed by atoms with Crippen molar-refractivity contribution in [3.8, 4) is 0 Å². The summed E-state index contributed by atoms with van der Waals surface area (Å²) >= 11 is 5.41. The van der Waals surface area contributed by atoms with Crippen molar-refractivity contribution < 1.29 is 4.42 Å². The third-order valence-corrected chi connectivity index (χ3v) is 16.1. The molecule has 0 amide bonds. The number of imidazole rings is 3. The highest BCUT2D eigenvalue weighted by molar-refractivity contribution is 7.12. The van der Waals surface area contributed by atoms with Crippen LogP contribution < -0.4 is 0 Å². The van der Waals surface area contributed by atoms with Gasteiger partial charge in [-0.25, -0.2) is 34.9 Å². The number of rotatable bonds is 7. The Morgan fingerprint density at radius 2 is 0.890 bits per heavy atom. The molecule has 0 saturated carbocycles. The van der Waals surface area contributed by atoms with Gasteiger partial charge in [0.2, 0.25) is 0 Å². The fraction of sp³-hybridized carbons (Fsp3) is 0.644. The number of nitrogens with zero attached hydrogens (tertiary/aromatic N) is 10. The van der Waals surface area contributed by atoms with Crippen LogP contribution in [0.3, 0.4) is 0 Å². The molecule has 410 valence electrons. The normalized spacial score (nSPS) is 11.0. The van der Waals surface area contributed by atoms with Gasteiger partial charge >= 0.3 is 0 Å². The second kappa shape index (κ2) is 30.3. The molecule has 0 spiro atoms. The van der Waals surface area contributed by atoms with Crippen molar-refractivity contribution in [1.82, 2.24) is 48.6 Å². The summed E-state index contributed by atoms with van der Waals surface area (Å²) in [5.74, 6) is 8.99. The molecule has 0 unspecified atom stereocenters. The fourth-order valence-corrected chi connectivity index (χ4v) is 11.0. The largest absolute Gasteiger partial charge is 0.446 e. The van der Waals surface area contributed by atoms with Crippen LogP contribution in [0.1, 0.15) is 254 Å². The lowest BCUT2D eigenvalue weighted by atomic mass is 10.1. The predicted molar refractivity (Wildman–Crippen MR) is 317 cm³/mol. The minimum absolute atomic E-state index is 0.470. The maximum absolute atomic E-state index is 5.26. The molecule has 7 heterocycles.